The fourth-order valence-corrected chi connectivity index (χ4v) is 7.80. The van der Waals surface area contributed by atoms with Gasteiger partial charge in [-0.05, 0) is 34.4 Å². The number of ether oxygens (including phenoxy) is 1. The van der Waals surface area contributed by atoms with E-state index in [4.69, 9.17) is 45.3 Å². The first kappa shape index (κ1) is 28.1. The molecule has 42 heavy (non-hydrogen) atoms. The van der Waals surface area contributed by atoms with Crippen LogP contribution in [0.5, 0.6) is 0 Å². The van der Waals surface area contributed by atoms with Crippen molar-refractivity contribution in [3.8, 4) is 0 Å². The van der Waals surface area contributed by atoms with Gasteiger partial charge in [-0.25, -0.2) is 4.79 Å². The number of primary amides is 1. The molecule has 0 radical (unpaired) electrons. The van der Waals surface area contributed by atoms with E-state index in [1.807, 2.05) is 0 Å². The number of rotatable bonds is 7. The second-order valence-electron chi connectivity index (χ2n) is 10.3. The van der Waals surface area contributed by atoms with Gasteiger partial charge in [-0.1, -0.05) is 60.1 Å². The summed E-state index contributed by atoms with van der Waals surface area (Å²) in [7, 11) is 0. The van der Waals surface area contributed by atoms with Gasteiger partial charge in [-0.15, -0.1) is 23.2 Å². The van der Waals surface area contributed by atoms with Gasteiger partial charge in [0.25, 0.3) is 5.69 Å². The van der Waals surface area contributed by atoms with E-state index in [2.05, 4.69) is 0 Å². The molecule has 13 heteroatoms. The van der Waals surface area contributed by atoms with Gasteiger partial charge in [-0.3, -0.25) is 29.4 Å². The lowest BCUT2D eigenvalue weighted by atomic mass is 9.54. The molecule has 0 aromatic heterocycles. The van der Waals surface area contributed by atoms with Crippen molar-refractivity contribution in [1.82, 2.24) is 4.90 Å². The Morgan fingerprint density at radius 1 is 0.929 bits per heavy atom. The molecule has 7 rings (SSSR count). The third-order valence-corrected chi connectivity index (χ3v) is 9.73. The van der Waals surface area contributed by atoms with E-state index < -0.39 is 75.0 Å². The summed E-state index contributed by atoms with van der Waals surface area (Å²) in [5.41, 5.74) is 7.29. The largest absolute Gasteiger partial charge is 0.459 e. The van der Waals surface area contributed by atoms with Crippen LogP contribution in [0.2, 0.25) is 5.02 Å². The molecule has 1 heterocycles. The van der Waals surface area contributed by atoms with Crippen LogP contribution >= 0.6 is 34.8 Å². The van der Waals surface area contributed by atoms with Crippen molar-refractivity contribution in [1.29, 1.82) is 0 Å². The number of nitro groups is 1. The Bertz CT molecular complexity index is 1610. The molecular formula is C29H20Cl3N3O7. The average Bonchev–Trinajstić information content (AvgIpc) is 3.24. The predicted molar refractivity (Wildman–Crippen MR) is 150 cm³/mol. The SMILES string of the molecule is NC(=O)C[C@H](C(=O)OCc1ccc(Cl)cc1[N+](=O)[O-])N1C(=O)[C@@H]2[C@H](C1=O)C1(Cl)c3ccccc3C2(Cl)c2ccccc21. The van der Waals surface area contributed by atoms with Crippen molar-refractivity contribution >= 4 is 64.2 Å². The number of amides is 3. The smallest absolute Gasteiger partial charge is 0.330 e. The van der Waals surface area contributed by atoms with Crippen LogP contribution in [0.4, 0.5) is 5.69 Å². The Kier molecular flexibility index (Phi) is 6.56. The summed E-state index contributed by atoms with van der Waals surface area (Å²) in [5, 5.41) is 11.6. The first-order chi connectivity index (χ1) is 19.9. The van der Waals surface area contributed by atoms with Crippen LogP contribution in [-0.2, 0) is 40.3 Å². The molecule has 2 bridgehead atoms. The number of esters is 1. The maximum absolute atomic E-state index is 14.2. The number of alkyl halides is 2. The third kappa shape index (κ3) is 3.78. The van der Waals surface area contributed by atoms with Gasteiger partial charge >= 0.3 is 5.97 Å². The van der Waals surface area contributed by atoms with E-state index >= 15 is 0 Å². The highest BCUT2D eigenvalue weighted by atomic mass is 35.5. The minimum absolute atomic E-state index is 0.00619. The summed E-state index contributed by atoms with van der Waals surface area (Å²) in [4.78, 5) is 62.3. The Labute approximate surface area is 253 Å². The van der Waals surface area contributed by atoms with Crippen LogP contribution in [0, 0.1) is 22.0 Å². The highest BCUT2D eigenvalue weighted by Gasteiger charge is 2.73. The number of nitrogens with two attached hydrogens (primary N) is 1. The van der Waals surface area contributed by atoms with Gasteiger partial charge in [0.1, 0.15) is 22.4 Å². The molecule has 0 unspecified atom stereocenters. The standard InChI is InChI=1S/C29H20Cl3N3O7/c30-15-10-9-14(20(11-15)35(40)41)13-42-27(39)21(12-22(33)36)34-25(37)23-24(26(34)38)29(32)17-6-2-1-5-16(17)28(23,31)18-7-3-4-8-19(18)29/h1-11,21,23-24H,12-13H2,(H2,33,36)/t21-,23-,24+,28?,29?/m1/s1. The molecule has 3 atom stereocenters. The van der Waals surface area contributed by atoms with Crippen LogP contribution in [0.25, 0.3) is 0 Å². The molecule has 0 saturated carbocycles. The van der Waals surface area contributed by atoms with Gasteiger partial charge in [0.05, 0.1) is 28.7 Å². The van der Waals surface area contributed by atoms with E-state index in [1.165, 1.54) is 12.1 Å². The first-order valence-corrected chi connectivity index (χ1v) is 13.9. The quantitative estimate of drug-likeness (QED) is 0.136. The van der Waals surface area contributed by atoms with Crippen LogP contribution in [-0.4, -0.2) is 39.6 Å². The van der Waals surface area contributed by atoms with E-state index in [-0.39, 0.29) is 10.6 Å². The van der Waals surface area contributed by atoms with Crippen LogP contribution < -0.4 is 5.73 Å². The maximum atomic E-state index is 14.2. The Hall–Kier alpha value is -3.99. The highest BCUT2D eigenvalue weighted by Crippen LogP contribution is 2.69. The Morgan fingerprint density at radius 2 is 1.40 bits per heavy atom. The first-order valence-electron chi connectivity index (χ1n) is 12.7. The number of nitrogens with zero attached hydrogens (tertiary/aromatic N) is 2. The van der Waals surface area contributed by atoms with Crippen molar-refractivity contribution in [2.45, 2.75) is 28.8 Å². The van der Waals surface area contributed by atoms with Gasteiger partial charge in [-0.2, -0.15) is 0 Å². The second kappa shape index (κ2) is 9.79. The fourth-order valence-electron chi connectivity index (χ4n) is 6.54. The molecule has 3 aromatic rings. The number of imide groups is 1. The van der Waals surface area contributed by atoms with Crippen LogP contribution in [0.1, 0.15) is 34.2 Å². The van der Waals surface area contributed by atoms with Gasteiger partial charge in [0.2, 0.25) is 17.7 Å². The van der Waals surface area contributed by atoms with E-state index in [0.29, 0.717) is 27.2 Å². The molecule has 2 N–H and O–H groups in total. The summed E-state index contributed by atoms with van der Waals surface area (Å²) < 4.78 is 5.32. The van der Waals surface area contributed by atoms with Gasteiger partial charge in [0.15, 0.2) is 0 Å². The minimum Gasteiger partial charge on any atom is -0.459 e. The molecule has 3 aromatic carbocycles. The Balaban J connectivity index is 1.41. The predicted octanol–water partition coefficient (Wildman–Crippen LogP) is 4.13. The third-order valence-electron chi connectivity index (χ3n) is 8.21. The lowest BCUT2D eigenvalue weighted by Gasteiger charge is -2.54. The zero-order chi connectivity index (χ0) is 30.1. The van der Waals surface area contributed by atoms with Gasteiger partial charge in [0, 0.05) is 11.1 Å². The average molecular weight is 629 g/mol. The zero-order valence-electron chi connectivity index (χ0n) is 21.5. The number of likely N-dealkylation sites (tertiary alicyclic amines) is 1. The molecule has 1 aliphatic heterocycles. The van der Waals surface area contributed by atoms with Crippen molar-refractivity contribution in [2.24, 2.45) is 17.6 Å². The summed E-state index contributed by atoms with van der Waals surface area (Å²) in [5.74, 6) is -6.19. The van der Waals surface area contributed by atoms with Crippen molar-refractivity contribution in [3.63, 3.8) is 0 Å². The summed E-state index contributed by atoms with van der Waals surface area (Å²) in [6.45, 7) is -0.597. The molecule has 4 aliphatic rings. The lowest BCUT2D eigenvalue weighted by Crippen LogP contribution is -2.57. The molecule has 214 valence electrons. The normalized spacial score (nSPS) is 25.8. The van der Waals surface area contributed by atoms with Crippen LogP contribution in [0.3, 0.4) is 0 Å². The fraction of sp³-hybridized carbons (Fsp3) is 0.241. The van der Waals surface area contributed by atoms with Crippen molar-refractivity contribution in [3.05, 3.63) is 110 Å². The molecular weight excluding hydrogens is 609 g/mol. The number of halogens is 3. The number of hydrogen-bond acceptors (Lipinski definition) is 7. The highest BCUT2D eigenvalue weighted by molar-refractivity contribution is 6.36. The summed E-state index contributed by atoms with van der Waals surface area (Å²) >= 11 is 20.7. The van der Waals surface area contributed by atoms with Crippen molar-refractivity contribution < 1.29 is 28.8 Å². The van der Waals surface area contributed by atoms with E-state index in [9.17, 15) is 29.3 Å². The summed E-state index contributed by atoms with van der Waals surface area (Å²) in [6, 6.07) is 16.0. The Morgan fingerprint density at radius 3 is 1.83 bits per heavy atom. The zero-order valence-corrected chi connectivity index (χ0v) is 23.7. The number of benzene rings is 3. The lowest BCUT2D eigenvalue weighted by molar-refractivity contribution is -0.385. The number of carbonyl (C=O) groups excluding carboxylic acids is 4. The molecule has 0 spiro atoms. The monoisotopic (exact) mass is 627 g/mol. The topological polar surface area (TPSA) is 150 Å². The second-order valence-corrected chi connectivity index (χ2v) is 12.0. The number of nitro benzene ring substituents is 1. The maximum Gasteiger partial charge on any atom is 0.330 e. The van der Waals surface area contributed by atoms with Crippen LogP contribution in [0.15, 0.2) is 66.7 Å². The van der Waals surface area contributed by atoms with Crippen molar-refractivity contribution in [2.75, 3.05) is 0 Å². The molecule has 1 fully saturated rings. The van der Waals surface area contributed by atoms with E-state index in [1.54, 1.807) is 48.5 Å². The molecule has 3 aliphatic carbocycles. The van der Waals surface area contributed by atoms with E-state index in [0.717, 1.165) is 6.07 Å². The number of hydrogen-bond donors (Lipinski definition) is 1. The van der Waals surface area contributed by atoms with Gasteiger partial charge < -0.3 is 10.5 Å². The minimum atomic E-state index is -1.76. The number of carbonyl (C=O) groups is 4. The molecule has 3 amide bonds. The molecule has 1 saturated heterocycles. The molecule has 10 nitrogen and oxygen atoms in total. The summed E-state index contributed by atoms with van der Waals surface area (Å²) in [6.07, 6.45) is -0.747.